The zero-order valence-electron chi connectivity index (χ0n) is 12.5. The lowest BCUT2D eigenvalue weighted by Gasteiger charge is -2.53. The van der Waals surface area contributed by atoms with Crippen LogP contribution in [0.15, 0.2) is 0 Å². The Bertz CT molecular complexity index is 259. The van der Waals surface area contributed by atoms with E-state index in [4.69, 9.17) is 4.74 Å². The van der Waals surface area contributed by atoms with Gasteiger partial charge in [0.1, 0.15) is 0 Å². The molecule has 0 aromatic carbocycles. The largest absolute Gasteiger partial charge is 0.377 e. The number of ether oxygens (including phenoxy) is 1. The molecule has 0 spiro atoms. The summed E-state index contributed by atoms with van der Waals surface area (Å²) in [5.74, 6) is 0.634. The predicted octanol–water partition coefficient (Wildman–Crippen LogP) is 2.82. The Kier molecular flexibility index (Phi) is 4.68. The number of hydrogen-bond acceptors (Lipinski definition) is 3. The van der Waals surface area contributed by atoms with Crippen molar-refractivity contribution >= 4 is 0 Å². The molecule has 2 unspecified atom stereocenters. The number of hydrazine groups is 1. The van der Waals surface area contributed by atoms with E-state index < -0.39 is 0 Å². The van der Waals surface area contributed by atoms with Crippen LogP contribution in [0.25, 0.3) is 0 Å². The fraction of sp³-hybridized carbons (Fsp3) is 1.00. The third kappa shape index (κ3) is 3.25. The number of piperidine rings is 1. The number of rotatable bonds is 5. The van der Waals surface area contributed by atoms with Crippen molar-refractivity contribution in [1.82, 2.24) is 10.4 Å². The molecule has 0 radical (unpaired) electrons. The highest BCUT2D eigenvalue weighted by molar-refractivity contribution is 5.02. The second kappa shape index (κ2) is 5.89. The Balaban J connectivity index is 1.75. The van der Waals surface area contributed by atoms with Crippen molar-refractivity contribution in [2.75, 3.05) is 19.7 Å². The molecule has 1 saturated carbocycles. The minimum atomic E-state index is 0.270. The van der Waals surface area contributed by atoms with E-state index in [0.29, 0.717) is 18.1 Å². The van der Waals surface area contributed by atoms with Gasteiger partial charge in [-0.3, -0.25) is 5.43 Å². The van der Waals surface area contributed by atoms with Gasteiger partial charge in [-0.15, -0.1) is 0 Å². The summed E-state index contributed by atoms with van der Waals surface area (Å²) in [6.45, 7) is 12.4. The molecule has 3 nitrogen and oxygen atoms in total. The van der Waals surface area contributed by atoms with Gasteiger partial charge in [-0.2, -0.15) is 0 Å². The van der Waals surface area contributed by atoms with Crippen molar-refractivity contribution in [1.29, 1.82) is 0 Å². The molecule has 1 saturated heterocycles. The fourth-order valence-corrected chi connectivity index (χ4v) is 2.94. The van der Waals surface area contributed by atoms with Crippen LogP contribution in [-0.4, -0.2) is 36.9 Å². The minimum absolute atomic E-state index is 0.270. The van der Waals surface area contributed by atoms with Gasteiger partial charge in [0, 0.05) is 31.2 Å². The molecule has 1 aliphatic heterocycles. The monoisotopic (exact) mass is 254 g/mol. The third-order valence-electron chi connectivity index (χ3n) is 4.50. The van der Waals surface area contributed by atoms with Crippen LogP contribution in [0.3, 0.4) is 0 Å². The Morgan fingerprint density at radius 1 is 1.22 bits per heavy atom. The van der Waals surface area contributed by atoms with Crippen molar-refractivity contribution in [2.24, 2.45) is 11.3 Å². The van der Waals surface area contributed by atoms with Crippen molar-refractivity contribution in [3.8, 4) is 0 Å². The van der Waals surface area contributed by atoms with E-state index in [9.17, 15) is 0 Å². The highest BCUT2D eigenvalue weighted by atomic mass is 16.5. The average molecular weight is 254 g/mol. The van der Waals surface area contributed by atoms with Crippen LogP contribution >= 0.6 is 0 Å². The molecule has 0 amide bonds. The van der Waals surface area contributed by atoms with E-state index in [2.05, 4.69) is 38.1 Å². The summed E-state index contributed by atoms with van der Waals surface area (Å²) in [5.41, 5.74) is 3.99. The first-order valence-corrected chi connectivity index (χ1v) is 7.63. The van der Waals surface area contributed by atoms with Crippen LogP contribution in [0.5, 0.6) is 0 Å². The smallest absolute Gasteiger partial charge is 0.0657 e. The van der Waals surface area contributed by atoms with Gasteiger partial charge in [0.15, 0.2) is 0 Å². The lowest BCUT2D eigenvalue weighted by Crippen LogP contribution is -2.65. The summed E-state index contributed by atoms with van der Waals surface area (Å²) >= 11 is 0. The van der Waals surface area contributed by atoms with Crippen LogP contribution in [0.4, 0.5) is 0 Å². The maximum absolute atomic E-state index is 6.02. The highest BCUT2D eigenvalue weighted by Gasteiger charge is 2.49. The first-order valence-electron chi connectivity index (χ1n) is 7.63. The summed E-state index contributed by atoms with van der Waals surface area (Å²) in [7, 11) is 0. The van der Waals surface area contributed by atoms with E-state index in [1.165, 1.54) is 32.4 Å². The number of nitrogens with one attached hydrogen (secondary N) is 1. The first-order chi connectivity index (χ1) is 8.50. The molecular formula is C15H30N2O. The fourth-order valence-electron chi connectivity index (χ4n) is 2.94. The molecule has 2 aliphatic rings. The standard InChI is InChI=1S/C15H30N2O/c1-12(2)11-18-14-10-13(15(14,3)4)16-17-8-6-5-7-9-17/h12-14,16H,5-11H2,1-4H3. The van der Waals surface area contributed by atoms with Crippen LogP contribution in [-0.2, 0) is 4.74 Å². The molecule has 0 aromatic heterocycles. The maximum atomic E-state index is 6.02. The van der Waals surface area contributed by atoms with Crippen molar-refractivity contribution in [3.63, 3.8) is 0 Å². The quantitative estimate of drug-likeness (QED) is 0.816. The topological polar surface area (TPSA) is 24.5 Å². The highest BCUT2D eigenvalue weighted by Crippen LogP contribution is 2.43. The second-order valence-corrected chi connectivity index (χ2v) is 7.00. The molecular weight excluding hydrogens is 224 g/mol. The molecule has 2 fully saturated rings. The maximum Gasteiger partial charge on any atom is 0.0657 e. The average Bonchev–Trinajstić information content (AvgIpc) is 2.33. The molecule has 106 valence electrons. The van der Waals surface area contributed by atoms with Crippen molar-refractivity contribution < 1.29 is 4.74 Å². The van der Waals surface area contributed by atoms with Gasteiger partial charge in [0.05, 0.1) is 6.10 Å². The van der Waals surface area contributed by atoms with E-state index in [-0.39, 0.29) is 5.41 Å². The Morgan fingerprint density at radius 3 is 2.44 bits per heavy atom. The molecule has 18 heavy (non-hydrogen) atoms. The lowest BCUT2D eigenvalue weighted by atomic mass is 9.64. The van der Waals surface area contributed by atoms with Crippen LogP contribution in [0, 0.1) is 11.3 Å². The molecule has 0 aromatic rings. The second-order valence-electron chi connectivity index (χ2n) is 7.00. The first kappa shape index (κ1) is 14.3. The predicted molar refractivity (Wildman–Crippen MR) is 75.3 cm³/mol. The van der Waals surface area contributed by atoms with E-state index >= 15 is 0 Å². The third-order valence-corrected chi connectivity index (χ3v) is 4.50. The number of nitrogens with zero attached hydrogens (tertiary/aromatic N) is 1. The molecule has 2 atom stereocenters. The summed E-state index contributed by atoms with van der Waals surface area (Å²) in [6.07, 6.45) is 5.67. The SMILES string of the molecule is CC(C)COC1CC(NN2CCCCC2)C1(C)C. The summed E-state index contributed by atoms with van der Waals surface area (Å²) < 4.78 is 6.02. The Labute approximate surface area is 112 Å². The normalized spacial score (nSPS) is 32.5. The van der Waals surface area contributed by atoms with Gasteiger partial charge >= 0.3 is 0 Å². The Hall–Kier alpha value is -0.120. The molecule has 1 aliphatic carbocycles. The lowest BCUT2D eigenvalue weighted by molar-refractivity contribution is -0.140. The molecule has 2 rings (SSSR count). The minimum Gasteiger partial charge on any atom is -0.377 e. The summed E-state index contributed by atoms with van der Waals surface area (Å²) in [5, 5.41) is 2.43. The molecule has 0 bridgehead atoms. The Morgan fingerprint density at radius 2 is 1.89 bits per heavy atom. The molecule has 1 N–H and O–H groups in total. The zero-order chi connectivity index (χ0) is 13.2. The molecule has 1 heterocycles. The zero-order valence-corrected chi connectivity index (χ0v) is 12.5. The van der Waals surface area contributed by atoms with E-state index in [1.807, 2.05) is 0 Å². The van der Waals surface area contributed by atoms with Gasteiger partial charge in [0.25, 0.3) is 0 Å². The van der Waals surface area contributed by atoms with Gasteiger partial charge < -0.3 is 4.74 Å². The van der Waals surface area contributed by atoms with E-state index in [0.717, 1.165) is 13.0 Å². The molecule has 3 heteroatoms. The van der Waals surface area contributed by atoms with Gasteiger partial charge in [-0.1, -0.05) is 34.1 Å². The van der Waals surface area contributed by atoms with Crippen LogP contribution in [0.1, 0.15) is 53.4 Å². The summed E-state index contributed by atoms with van der Waals surface area (Å²) in [4.78, 5) is 0. The van der Waals surface area contributed by atoms with Crippen molar-refractivity contribution in [3.05, 3.63) is 0 Å². The van der Waals surface area contributed by atoms with Gasteiger partial charge in [-0.25, -0.2) is 5.01 Å². The van der Waals surface area contributed by atoms with Gasteiger partial charge in [0.2, 0.25) is 0 Å². The number of hydrogen-bond donors (Lipinski definition) is 1. The van der Waals surface area contributed by atoms with Crippen LogP contribution in [0.2, 0.25) is 0 Å². The van der Waals surface area contributed by atoms with Crippen molar-refractivity contribution in [2.45, 2.75) is 65.5 Å². The van der Waals surface area contributed by atoms with E-state index in [1.54, 1.807) is 0 Å². The van der Waals surface area contributed by atoms with Crippen LogP contribution < -0.4 is 5.43 Å². The summed E-state index contributed by atoms with van der Waals surface area (Å²) in [6, 6.07) is 0.591. The van der Waals surface area contributed by atoms with Gasteiger partial charge in [-0.05, 0) is 25.2 Å².